The van der Waals surface area contributed by atoms with Crippen LogP contribution >= 0.6 is 0 Å². The average molecular weight is 278 g/mol. The van der Waals surface area contributed by atoms with Crippen molar-refractivity contribution in [2.75, 3.05) is 6.54 Å². The molecule has 1 amide bonds. The van der Waals surface area contributed by atoms with Crippen molar-refractivity contribution in [3.63, 3.8) is 0 Å². The molecule has 3 N–H and O–H groups in total. The van der Waals surface area contributed by atoms with Crippen LogP contribution in [0.3, 0.4) is 0 Å². The Bertz CT molecular complexity index is 438. The maximum atomic E-state index is 11.3. The second-order valence-corrected chi connectivity index (χ2v) is 5.17. The first-order valence-corrected chi connectivity index (χ1v) is 7.04. The monoisotopic (exact) mass is 278 g/mol. The molecule has 2 rings (SSSR count). The van der Waals surface area contributed by atoms with E-state index in [-0.39, 0.29) is 18.2 Å². The molecule has 0 spiro atoms. The van der Waals surface area contributed by atoms with Crippen molar-refractivity contribution in [2.24, 2.45) is 5.73 Å². The standard InChI is InChI=1S/C15H22N2O3/c1-2-13-14(12(16)8-9-17(13)15(18)19)20-10-11-6-4-3-5-7-11/h3-7,12-14H,2,8-10,16H2,1H3,(H,18,19). The lowest BCUT2D eigenvalue weighted by molar-refractivity contribution is -0.0556. The van der Waals surface area contributed by atoms with Crippen LogP contribution in [0.5, 0.6) is 0 Å². The van der Waals surface area contributed by atoms with Gasteiger partial charge in [0, 0.05) is 12.6 Å². The molecule has 0 saturated carbocycles. The summed E-state index contributed by atoms with van der Waals surface area (Å²) < 4.78 is 5.94. The Morgan fingerprint density at radius 1 is 1.45 bits per heavy atom. The zero-order valence-corrected chi connectivity index (χ0v) is 11.7. The van der Waals surface area contributed by atoms with Crippen LogP contribution < -0.4 is 5.73 Å². The van der Waals surface area contributed by atoms with E-state index in [1.165, 1.54) is 4.90 Å². The Morgan fingerprint density at radius 3 is 2.75 bits per heavy atom. The molecule has 3 unspecified atom stereocenters. The van der Waals surface area contributed by atoms with E-state index in [0.717, 1.165) is 5.56 Å². The number of benzene rings is 1. The Labute approximate surface area is 119 Å². The van der Waals surface area contributed by atoms with Crippen LogP contribution in [-0.2, 0) is 11.3 Å². The number of piperidine rings is 1. The van der Waals surface area contributed by atoms with E-state index in [0.29, 0.717) is 26.0 Å². The maximum absolute atomic E-state index is 11.3. The Hall–Kier alpha value is -1.59. The fourth-order valence-corrected chi connectivity index (χ4v) is 2.77. The van der Waals surface area contributed by atoms with Crippen LogP contribution in [0.25, 0.3) is 0 Å². The number of nitrogens with zero attached hydrogens (tertiary/aromatic N) is 1. The molecular formula is C15H22N2O3. The first kappa shape index (κ1) is 14.8. The summed E-state index contributed by atoms with van der Waals surface area (Å²) >= 11 is 0. The number of nitrogens with two attached hydrogens (primary N) is 1. The lowest BCUT2D eigenvalue weighted by atomic mass is 9.93. The van der Waals surface area contributed by atoms with Gasteiger partial charge in [0.2, 0.25) is 0 Å². The molecule has 20 heavy (non-hydrogen) atoms. The second-order valence-electron chi connectivity index (χ2n) is 5.17. The molecule has 0 aromatic heterocycles. The third-order valence-electron chi connectivity index (χ3n) is 3.85. The third-order valence-corrected chi connectivity index (χ3v) is 3.85. The predicted octanol–water partition coefficient (Wildman–Crippen LogP) is 2.06. The van der Waals surface area contributed by atoms with E-state index in [1.54, 1.807) is 0 Å². The van der Waals surface area contributed by atoms with Gasteiger partial charge in [0.05, 0.1) is 18.8 Å². The van der Waals surface area contributed by atoms with Gasteiger partial charge in [-0.25, -0.2) is 4.79 Å². The van der Waals surface area contributed by atoms with Crippen LogP contribution in [0.2, 0.25) is 0 Å². The van der Waals surface area contributed by atoms with Gasteiger partial charge in [0.25, 0.3) is 0 Å². The second kappa shape index (κ2) is 6.72. The van der Waals surface area contributed by atoms with Gasteiger partial charge in [-0.3, -0.25) is 0 Å². The van der Waals surface area contributed by atoms with Crippen molar-refractivity contribution < 1.29 is 14.6 Å². The van der Waals surface area contributed by atoms with Gasteiger partial charge in [0.1, 0.15) is 0 Å². The molecule has 1 heterocycles. The Kier molecular flexibility index (Phi) is 4.98. The van der Waals surface area contributed by atoms with Crippen molar-refractivity contribution in [1.82, 2.24) is 4.90 Å². The maximum Gasteiger partial charge on any atom is 0.407 e. The van der Waals surface area contributed by atoms with E-state index in [2.05, 4.69) is 0 Å². The molecule has 1 aliphatic heterocycles. The van der Waals surface area contributed by atoms with Gasteiger partial charge < -0.3 is 20.5 Å². The minimum atomic E-state index is -0.892. The Morgan fingerprint density at radius 2 is 2.15 bits per heavy atom. The highest BCUT2D eigenvalue weighted by molar-refractivity contribution is 5.65. The summed E-state index contributed by atoms with van der Waals surface area (Å²) in [5, 5.41) is 9.26. The van der Waals surface area contributed by atoms with Crippen molar-refractivity contribution in [3.05, 3.63) is 35.9 Å². The molecule has 0 radical (unpaired) electrons. The fraction of sp³-hybridized carbons (Fsp3) is 0.533. The molecule has 1 saturated heterocycles. The van der Waals surface area contributed by atoms with E-state index < -0.39 is 6.09 Å². The molecule has 1 aromatic carbocycles. The first-order chi connectivity index (χ1) is 9.63. The summed E-state index contributed by atoms with van der Waals surface area (Å²) in [5.41, 5.74) is 7.20. The highest BCUT2D eigenvalue weighted by Gasteiger charge is 2.38. The minimum absolute atomic E-state index is 0.112. The zero-order chi connectivity index (χ0) is 14.5. The van der Waals surface area contributed by atoms with Crippen molar-refractivity contribution in [1.29, 1.82) is 0 Å². The number of hydrogen-bond acceptors (Lipinski definition) is 3. The molecular weight excluding hydrogens is 256 g/mol. The highest BCUT2D eigenvalue weighted by atomic mass is 16.5. The van der Waals surface area contributed by atoms with Gasteiger partial charge >= 0.3 is 6.09 Å². The molecule has 5 heteroatoms. The molecule has 3 atom stereocenters. The third kappa shape index (κ3) is 3.29. The van der Waals surface area contributed by atoms with Crippen LogP contribution in [0.4, 0.5) is 4.79 Å². The average Bonchev–Trinajstić information content (AvgIpc) is 2.46. The quantitative estimate of drug-likeness (QED) is 0.884. The number of ether oxygens (including phenoxy) is 1. The number of amides is 1. The molecule has 0 bridgehead atoms. The lowest BCUT2D eigenvalue weighted by Gasteiger charge is -2.42. The summed E-state index contributed by atoms with van der Waals surface area (Å²) in [7, 11) is 0. The van der Waals surface area contributed by atoms with Gasteiger partial charge in [0.15, 0.2) is 0 Å². The van der Waals surface area contributed by atoms with Crippen LogP contribution in [0, 0.1) is 0 Å². The number of rotatable bonds is 4. The number of hydrogen-bond donors (Lipinski definition) is 2. The number of carboxylic acid groups (broad SMARTS) is 1. The van der Waals surface area contributed by atoms with Gasteiger partial charge in [-0.2, -0.15) is 0 Å². The van der Waals surface area contributed by atoms with Crippen LogP contribution in [-0.4, -0.2) is 40.8 Å². The summed E-state index contributed by atoms with van der Waals surface area (Å²) in [5.74, 6) is 0. The van der Waals surface area contributed by atoms with E-state index in [1.807, 2.05) is 37.3 Å². The summed E-state index contributed by atoms with van der Waals surface area (Å²) in [6.07, 6.45) is 0.212. The largest absolute Gasteiger partial charge is 0.465 e. The van der Waals surface area contributed by atoms with Crippen molar-refractivity contribution in [2.45, 2.75) is 44.6 Å². The number of carbonyl (C=O) groups is 1. The van der Waals surface area contributed by atoms with E-state index in [9.17, 15) is 9.90 Å². The van der Waals surface area contributed by atoms with Crippen LogP contribution in [0.1, 0.15) is 25.3 Å². The molecule has 1 aliphatic rings. The molecule has 1 aromatic rings. The molecule has 5 nitrogen and oxygen atoms in total. The van der Waals surface area contributed by atoms with Crippen molar-refractivity contribution >= 4 is 6.09 Å². The minimum Gasteiger partial charge on any atom is -0.465 e. The zero-order valence-electron chi connectivity index (χ0n) is 11.7. The molecule has 1 fully saturated rings. The summed E-state index contributed by atoms with van der Waals surface area (Å²) in [4.78, 5) is 12.7. The van der Waals surface area contributed by atoms with Crippen LogP contribution in [0.15, 0.2) is 30.3 Å². The fourth-order valence-electron chi connectivity index (χ4n) is 2.77. The van der Waals surface area contributed by atoms with Gasteiger partial charge in [-0.05, 0) is 18.4 Å². The highest BCUT2D eigenvalue weighted by Crippen LogP contribution is 2.23. The topological polar surface area (TPSA) is 75.8 Å². The smallest absolute Gasteiger partial charge is 0.407 e. The predicted molar refractivity (Wildman–Crippen MR) is 76.4 cm³/mol. The van der Waals surface area contributed by atoms with Gasteiger partial charge in [-0.1, -0.05) is 37.3 Å². The SMILES string of the molecule is CCC1C(OCc2ccccc2)C(N)CCN1C(=O)O. The molecule has 0 aliphatic carbocycles. The number of likely N-dealkylation sites (tertiary alicyclic amines) is 1. The van der Waals surface area contributed by atoms with Crippen molar-refractivity contribution in [3.8, 4) is 0 Å². The Balaban J connectivity index is 2.04. The normalized spacial score (nSPS) is 26.5. The van der Waals surface area contributed by atoms with E-state index in [4.69, 9.17) is 10.5 Å². The lowest BCUT2D eigenvalue weighted by Crippen LogP contribution is -2.59. The van der Waals surface area contributed by atoms with E-state index >= 15 is 0 Å². The molecule has 110 valence electrons. The first-order valence-electron chi connectivity index (χ1n) is 7.04. The summed E-state index contributed by atoms with van der Waals surface area (Å²) in [6, 6.07) is 9.57. The van der Waals surface area contributed by atoms with Gasteiger partial charge in [-0.15, -0.1) is 0 Å². The summed E-state index contributed by atoms with van der Waals surface area (Å²) in [6.45, 7) is 2.92.